The fraction of sp³-hybridized carbons (Fsp3) is 0.867. The summed E-state index contributed by atoms with van der Waals surface area (Å²) in [6, 6.07) is 5.72. The van der Waals surface area contributed by atoms with Gasteiger partial charge in [0.25, 0.3) is 0 Å². The summed E-state index contributed by atoms with van der Waals surface area (Å²) in [5.41, 5.74) is 1.42. The first-order chi connectivity index (χ1) is 8.12. The average molecular weight is 254 g/mol. The van der Waals surface area contributed by atoms with Crippen LogP contribution in [0.4, 0.5) is 0 Å². The highest BCUT2D eigenvalue weighted by Gasteiger charge is 2.29. The zero-order valence-electron chi connectivity index (χ0n) is 12.2. The van der Waals surface area contributed by atoms with Gasteiger partial charge < -0.3 is 4.90 Å². The Hall–Kier alpha value is -0.0831. The Balaban J connectivity index is 2.44. The second-order valence-corrected chi connectivity index (χ2v) is 11.3. The van der Waals surface area contributed by atoms with Crippen molar-refractivity contribution in [3.63, 3.8) is 0 Å². The molecule has 0 aromatic carbocycles. The van der Waals surface area contributed by atoms with Crippen LogP contribution in [0.5, 0.6) is 0 Å². The van der Waals surface area contributed by atoms with E-state index in [0.29, 0.717) is 0 Å². The van der Waals surface area contributed by atoms with Gasteiger partial charge in [-0.3, -0.25) is 0 Å². The Labute approximate surface area is 109 Å². The molecule has 1 aliphatic rings. The fourth-order valence-corrected chi connectivity index (χ4v) is 7.12. The Kier molecular flexibility index (Phi) is 6.50. The van der Waals surface area contributed by atoms with Gasteiger partial charge in [-0.25, -0.2) is 0 Å². The molecule has 0 bridgehead atoms. The summed E-state index contributed by atoms with van der Waals surface area (Å²) >= 11 is 0. The summed E-state index contributed by atoms with van der Waals surface area (Å²) in [7, 11) is -1.03. The van der Waals surface area contributed by atoms with E-state index in [1.807, 2.05) is 0 Å². The molecule has 0 spiro atoms. The Bertz CT molecular complexity index is 227. The Morgan fingerprint density at radius 2 is 1.71 bits per heavy atom. The van der Waals surface area contributed by atoms with Gasteiger partial charge in [0.15, 0.2) is 0 Å². The summed E-state index contributed by atoms with van der Waals surface area (Å²) in [5, 5.41) is 0. The molecule has 1 saturated heterocycles. The first-order valence-electron chi connectivity index (χ1n) is 7.48. The van der Waals surface area contributed by atoms with Crippen LogP contribution in [0.15, 0.2) is 12.2 Å². The zero-order chi connectivity index (χ0) is 12.7. The third kappa shape index (κ3) is 4.97. The topological polar surface area (TPSA) is 3.24 Å². The van der Waals surface area contributed by atoms with E-state index in [2.05, 4.69) is 32.3 Å². The molecular weight excluding hydrogens is 222 g/mol. The zero-order valence-corrected chi connectivity index (χ0v) is 13.2. The van der Waals surface area contributed by atoms with Crippen LogP contribution in [0.25, 0.3) is 0 Å². The second kappa shape index (κ2) is 7.37. The molecule has 0 N–H and O–H groups in total. The number of hydrogen-bond donors (Lipinski definition) is 0. The van der Waals surface area contributed by atoms with Crippen LogP contribution in [0.2, 0.25) is 24.2 Å². The van der Waals surface area contributed by atoms with Crippen molar-refractivity contribution in [3.8, 4) is 0 Å². The smallest absolute Gasteiger partial charge is 0.0583 e. The van der Waals surface area contributed by atoms with Crippen LogP contribution in [-0.2, 0) is 0 Å². The summed E-state index contributed by atoms with van der Waals surface area (Å²) < 4.78 is 0. The first-order valence-corrected chi connectivity index (χ1v) is 10.3. The van der Waals surface area contributed by atoms with Gasteiger partial charge in [0.05, 0.1) is 8.07 Å². The molecular formula is C15H31NSi. The molecule has 1 fully saturated rings. The number of piperidine rings is 1. The van der Waals surface area contributed by atoms with Crippen LogP contribution in [-0.4, -0.2) is 32.6 Å². The molecule has 1 rings (SSSR count). The quantitative estimate of drug-likeness (QED) is 0.476. The molecule has 0 saturated carbocycles. The molecule has 0 amide bonds. The van der Waals surface area contributed by atoms with Crippen molar-refractivity contribution in [2.45, 2.75) is 64.2 Å². The van der Waals surface area contributed by atoms with E-state index in [4.69, 9.17) is 0 Å². The Morgan fingerprint density at radius 3 is 2.18 bits per heavy atom. The number of nitrogens with zero attached hydrogens (tertiary/aromatic N) is 1. The molecule has 0 atom stereocenters. The van der Waals surface area contributed by atoms with Gasteiger partial charge >= 0.3 is 0 Å². The van der Waals surface area contributed by atoms with Gasteiger partial charge in [-0.1, -0.05) is 37.9 Å². The number of likely N-dealkylation sites (tertiary alicyclic amines) is 1. The van der Waals surface area contributed by atoms with E-state index in [9.17, 15) is 0 Å². The lowest BCUT2D eigenvalue weighted by Gasteiger charge is -2.34. The van der Waals surface area contributed by atoms with Crippen molar-refractivity contribution in [1.29, 1.82) is 0 Å². The molecule has 1 aliphatic heterocycles. The standard InChI is InChI=1S/C15H31NSi/c1-5-17(6-2,14-15(3)4)13-12-16-10-8-7-9-11-16/h3,5-14H2,1-2,4H3. The van der Waals surface area contributed by atoms with Crippen molar-refractivity contribution in [2.24, 2.45) is 0 Å². The van der Waals surface area contributed by atoms with Crippen LogP contribution >= 0.6 is 0 Å². The van der Waals surface area contributed by atoms with E-state index in [0.717, 1.165) is 0 Å². The van der Waals surface area contributed by atoms with Gasteiger partial charge in [-0.05, 0) is 51.5 Å². The van der Waals surface area contributed by atoms with E-state index in [1.54, 1.807) is 0 Å². The van der Waals surface area contributed by atoms with Gasteiger partial charge in [0, 0.05) is 0 Å². The summed E-state index contributed by atoms with van der Waals surface area (Å²) in [6.45, 7) is 15.3. The summed E-state index contributed by atoms with van der Waals surface area (Å²) in [5.74, 6) is 0. The SMILES string of the molecule is C=C(C)C[Si](CC)(CC)CCN1CCCCC1. The highest BCUT2D eigenvalue weighted by molar-refractivity contribution is 6.80. The van der Waals surface area contributed by atoms with Crippen molar-refractivity contribution in [3.05, 3.63) is 12.2 Å². The van der Waals surface area contributed by atoms with E-state index >= 15 is 0 Å². The van der Waals surface area contributed by atoms with Crippen molar-refractivity contribution in [2.75, 3.05) is 19.6 Å². The predicted octanol–water partition coefficient (Wildman–Crippen LogP) is 4.54. The molecule has 1 heterocycles. The lowest BCUT2D eigenvalue weighted by Crippen LogP contribution is -2.39. The minimum Gasteiger partial charge on any atom is -0.304 e. The maximum absolute atomic E-state index is 4.15. The molecule has 100 valence electrons. The molecule has 0 unspecified atom stereocenters. The fourth-order valence-electron chi connectivity index (χ4n) is 3.16. The first kappa shape index (κ1) is 15.0. The van der Waals surface area contributed by atoms with Gasteiger partial charge in [-0.15, -0.1) is 6.58 Å². The van der Waals surface area contributed by atoms with Gasteiger partial charge in [0.1, 0.15) is 0 Å². The van der Waals surface area contributed by atoms with Crippen LogP contribution in [0.1, 0.15) is 40.0 Å². The maximum Gasteiger partial charge on any atom is 0.0583 e. The average Bonchev–Trinajstić information content (AvgIpc) is 2.35. The molecule has 0 aromatic rings. The minimum absolute atomic E-state index is 1.03. The van der Waals surface area contributed by atoms with Crippen molar-refractivity contribution in [1.82, 2.24) is 4.90 Å². The third-order valence-electron chi connectivity index (χ3n) is 4.58. The molecule has 0 aliphatic carbocycles. The monoisotopic (exact) mass is 253 g/mol. The largest absolute Gasteiger partial charge is 0.304 e. The third-order valence-corrected chi connectivity index (χ3v) is 10.2. The lowest BCUT2D eigenvalue weighted by atomic mass is 10.1. The van der Waals surface area contributed by atoms with Crippen LogP contribution in [0.3, 0.4) is 0 Å². The highest BCUT2D eigenvalue weighted by atomic mass is 28.3. The summed E-state index contributed by atoms with van der Waals surface area (Å²) in [6.07, 6.45) is 4.30. The normalized spacial score (nSPS) is 18.3. The van der Waals surface area contributed by atoms with E-state index in [1.165, 1.54) is 68.6 Å². The number of rotatable bonds is 7. The van der Waals surface area contributed by atoms with E-state index in [-0.39, 0.29) is 0 Å². The maximum atomic E-state index is 4.15. The molecule has 0 aromatic heterocycles. The highest BCUT2D eigenvalue weighted by Crippen LogP contribution is 2.29. The molecule has 1 nitrogen and oxygen atoms in total. The summed E-state index contributed by atoms with van der Waals surface area (Å²) in [4.78, 5) is 2.70. The number of hydrogen-bond acceptors (Lipinski definition) is 1. The number of allylic oxidation sites excluding steroid dienone is 1. The Morgan fingerprint density at radius 1 is 1.12 bits per heavy atom. The minimum atomic E-state index is -1.03. The van der Waals surface area contributed by atoms with Crippen LogP contribution in [0, 0.1) is 0 Å². The van der Waals surface area contributed by atoms with Crippen LogP contribution < -0.4 is 0 Å². The molecule has 0 radical (unpaired) electrons. The van der Waals surface area contributed by atoms with Crippen molar-refractivity contribution < 1.29 is 0 Å². The van der Waals surface area contributed by atoms with E-state index < -0.39 is 8.07 Å². The van der Waals surface area contributed by atoms with Gasteiger partial charge in [0.2, 0.25) is 0 Å². The van der Waals surface area contributed by atoms with Crippen molar-refractivity contribution >= 4 is 8.07 Å². The predicted molar refractivity (Wildman–Crippen MR) is 81.4 cm³/mol. The molecule has 17 heavy (non-hydrogen) atoms. The second-order valence-electron chi connectivity index (χ2n) is 5.99. The molecule has 2 heteroatoms. The lowest BCUT2D eigenvalue weighted by molar-refractivity contribution is 0.239. The van der Waals surface area contributed by atoms with Gasteiger partial charge in [-0.2, -0.15) is 0 Å².